The van der Waals surface area contributed by atoms with Gasteiger partial charge < -0.3 is 5.32 Å². The molecule has 0 aliphatic heterocycles. The number of thiophene rings is 1. The topological polar surface area (TPSA) is 29.1 Å². The number of amides is 1. The van der Waals surface area contributed by atoms with E-state index in [1.54, 1.807) is 17.4 Å². The molecule has 2 aromatic rings. The highest BCUT2D eigenvalue weighted by atomic mass is 32.1. The second-order valence-electron chi connectivity index (χ2n) is 4.46. The van der Waals surface area contributed by atoms with Crippen LogP contribution in [0.1, 0.15) is 25.7 Å². The molecule has 0 unspecified atom stereocenters. The van der Waals surface area contributed by atoms with Crippen molar-refractivity contribution in [1.82, 2.24) is 5.32 Å². The number of hydrogen-bond acceptors (Lipinski definition) is 2. The number of nitrogens with one attached hydrogen (secondary N) is 1. The van der Waals surface area contributed by atoms with Crippen LogP contribution in [0.5, 0.6) is 0 Å². The first-order valence-electron chi connectivity index (χ1n) is 6.16. The third-order valence-corrected chi connectivity index (χ3v) is 3.84. The van der Waals surface area contributed by atoms with Crippen LogP contribution in [0.25, 0.3) is 0 Å². The summed E-state index contributed by atoms with van der Waals surface area (Å²) in [6.45, 7) is 4.44. The summed E-state index contributed by atoms with van der Waals surface area (Å²) in [7, 11) is 0. The minimum absolute atomic E-state index is 0.0572. The van der Waals surface area contributed by atoms with Crippen molar-refractivity contribution >= 4 is 17.2 Å². The van der Waals surface area contributed by atoms with Crippen molar-refractivity contribution in [2.24, 2.45) is 0 Å². The van der Waals surface area contributed by atoms with Crippen LogP contribution in [-0.4, -0.2) is 12.5 Å². The molecule has 0 fully saturated rings. The highest BCUT2D eigenvalue weighted by Gasteiger charge is 2.11. The van der Waals surface area contributed by atoms with E-state index in [0.29, 0.717) is 13.0 Å². The first-order chi connectivity index (χ1) is 9.06. The van der Waals surface area contributed by atoms with Crippen molar-refractivity contribution in [2.45, 2.75) is 20.3 Å². The Morgan fingerprint density at radius 1 is 1.32 bits per heavy atom. The highest BCUT2D eigenvalue weighted by Crippen LogP contribution is 2.20. The van der Waals surface area contributed by atoms with Crippen molar-refractivity contribution in [3.05, 3.63) is 57.0 Å². The predicted octanol–water partition coefficient (Wildman–Crippen LogP) is 3.48. The van der Waals surface area contributed by atoms with E-state index in [0.717, 1.165) is 20.9 Å². The lowest BCUT2D eigenvalue weighted by molar-refractivity contribution is 0.0954. The van der Waals surface area contributed by atoms with Crippen LogP contribution >= 0.6 is 11.3 Å². The number of carbonyl (C=O) groups is 1. The first kappa shape index (κ1) is 13.7. The lowest BCUT2D eigenvalue weighted by Crippen LogP contribution is -2.25. The van der Waals surface area contributed by atoms with Gasteiger partial charge in [-0.2, -0.15) is 0 Å². The number of hydrogen-bond donors (Lipinski definition) is 1. The quantitative estimate of drug-likeness (QED) is 0.911. The maximum atomic E-state index is 13.0. The average Bonchev–Trinajstić information content (AvgIpc) is 2.68. The number of halogens is 1. The maximum Gasteiger partial charge on any atom is 0.252 e. The average molecular weight is 277 g/mol. The molecule has 1 amide bonds. The fourth-order valence-corrected chi connectivity index (χ4v) is 2.89. The number of rotatable bonds is 4. The van der Waals surface area contributed by atoms with Crippen LogP contribution in [0.4, 0.5) is 4.39 Å². The molecule has 0 aliphatic rings. The molecule has 2 rings (SSSR count). The molecular weight excluding hydrogens is 261 g/mol. The van der Waals surface area contributed by atoms with Gasteiger partial charge in [0.2, 0.25) is 0 Å². The van der Waals surface area contributed by atoms with Crippen LogP contribution in [0.15, 0.2) is 30.3 Å². The smallest absolute Gasteiger partial charge is 0.252 e. The molecule has 2 nitrogen and oxygen atoms in total. The van der Waals surface area contributed by atoms with Crippen LogP contribution in [0.2, 0.25) is 0 Å². The fraction of sp³-hybridized carbons (Fsp3) is 0.267. The van der Waals surface area contributed by atoms with Gasteiger partial charge in [-0.1, -0.05) is 12.1 Å². The Kier molecular flexibility index (Phi) is 4.32. The summed E-state index contributed by atoms with van der Waals surface area (Å²) in [5.74, 6) is -0.300. The van der Waals surface area contributed by atoms with E-state index in [-0.39, 0.29) is 11.7 Å². The predicted molar refractivity (Wildman–Crippen MR) is 76.2 cm³/mol. The Morgan fingerprint density at radius 2 is 2.11 bits per heavy atom. The molecule has 0 radical (unpaired) electrons. The Morgan fingerprint density at radius 3 is 2.74 bits per heavy atom. The van der Waals surface area contributed by atoms with Gasteiger partial charge in [0, 0.05) is 16.3 Å². The van der Waals surface area contributed by atoms with Gasteiger partial charge in [-0.25, -0.2) is 4.39 Å². The normalized spacial score (nSPS) is 10.5. The largest absolute Gasteiger partial charge is 0.352 e. The lowest BCUT2D eigenvalue weighted by Gasteiger charge is -2.05. The highest BCUT2D eigenvalue weighted by molar-refractivity contribution is 7.12. The van der Waals surface area contributed by atoms with Crippen LogP contribution in [0, 0.1) is 19.7 Å². The van der Waals surface area contributed by atoms with Gasteiger partial charge in [-0.15, -0.1) is 11.3 Å². The van der Waals surface area contributed by atoms with Gasteiger partial charge >= 0.3 is 0 Å². The standard InChI is InChI=1S/C15H16FNOS/c1-10-8-14(11(2)19-10)15(18)17-7-6-12-4-3-5-13(16)9-12/h3-5,8-9H,6-7H2,1-2H3,(H,17,18). The second kappa shape index (κ2) is 5.97. The molecule has 0 saturated heterocycles. The zero-order valence-corrected chi connectivity index (χ0v) is 11.8. The van der Waals surface area contributed by atoms with Crippen LogP contribution in [0.3, 0.4) is 0 Å². The van der Waals surface area contributed by atoms with Gasteiger partial charge in [-0.3, -0.25) is 4.79 Å². The summed E-state index contributed by atoms with van der Waals surface area (Å²) in [5.41, 5.74) is 1.63. The van der Waals surface area contributed by atoms with Crippen molar-refractivity contribution in [3.8, 4) is 0 Å². The van der Waals surface area contributed by atoms with Crippen molar-refractivity contribution in [2.75, 3.05) is 6.54 Å². The summed E-state index contributed by atoms with van der Waals surface area (Å²) in [6, 6.07) is 8.34. The summed E-state index contributed by atoms with van der Waals surface area (Å²) in [6.07, 6.45) is 0.631. The Bertz CT molecular complexity index is 592. The minimum atomic E-state index is -0.242. The van der Waals surface area contributed by atoms with E-state index in [4.69, 9.17) is 0 Å². The Hall–Kier alpha value is -1.68. The van der Waals surface area contributed by atoms with Gasteiger partial charge in [0.25, 0.3) is 5.91 Å². The second-order valence-corrected chi connectivity index (χ2v) is 5.92. The Labute approximate surface area is 116 Å². The van der Waals surface area contributed by atoms with Gasteiger partial charge in [-0.05, 0) is 44.0 Å². The Balaban J connectivity index is 1.89. The molecule has 19 heavy (non-hydrogen) atoms. The van der Waals surface area contributed by atoms with Crippen molar-refractivity contribution < 1.29 is 9.18 Å². The van der Waals surface area contributed by atoms with E-state index in [1.807, 2.05) is 26.0 Å². The molecule has 0 spiro atoms. The summed E-state index contributed by atoms with van der Waals surface area (Å²) in [4.78, 5) is 14.1. The molecular formula is C15H16FNOS. The van der Waals surface area contributed by atoms with Crippen LogP contribution < -0.4 is 5.32 Å². The number of aryl methyl sites for hydroxylation is 2. The van der Waals surface area contributed by atoms with Gasteiger partial charge in [0.1, 0.15) is 5.82 Å². The molecule has 1 aromatic heterocycles. The minimum Gasteiger partial charge on any atom is -0.352 e. The summed E-state index contributed by atoms with van der Waals surface area (Å²) in [5, 5.41) is 2.87. The van der Waals surface area contributed by atoms with Gasteiger partial charge in [0.05, 0.1) is 5.56 Å². The van der Waals surface area contributed by atoms with E-state index >= 15 is 0 Å². The molecule has 1 N–H and O–H groups in total. The zero-order chi connectivity index (χ0) is 13.8. The summed E-state index contributed by atoms with van der Waals surface area (Å²) >= 11 is 1.62. The third kappa shape index (κ3) is 3.64. The molecule has 100 valence electrons. The molecule has 0 bridgehead atoms. The first-order valence-corrected chi connectivity index (χ1v) is 6.97. The summed E-state index contributed by atoms with van der Waals surface area (Å²) < 4.78 is 13.0. The molecule has 0 aliphatic carbocycles. The third-order valence-electron chi connectivity index (χ3n) is 2.87. The monoisotopic (exact) mass is 277 g/mol. The van der Waals surface area contributed by atoms with E-state index < -0.39 is 0 Å². The van der Waals surface area contributed by atoms with Gasteiger partial charge in [0.15, 0.2) is 0 Å². The lowest BCUT2D eigenvalue weighted by atomic mass is 10.1. The maximum absolute atomic E-state index is 13.0. The van der Waals surface area contributed by atoms with E-state index in [2.05, 4.69) is 5.32 Å². The van der Waals surface area contributed by atoms with E-state index in [9.17, 15) is 9.18 Å². The van der Waals surface area contributed by atoms with E-state index in [1.165, 1.54) is 12.1 Å². The fourth-order valence-electron chi connectivity index (χ4n) is 1.96. The van der Waals surface area contributed by atoms with Crippen LogP contribution in [-0.2, 0) is 6.42 Å². The number of benzene rings is 1. The molecule has 0 saturated carbocycles. The zero-order valence-electron chi connectivity index (χ0n) is 11.0. The molecule has 4 heteroatoms. The molecule has 0 atom stereocenters. The SMILES string of the molecule is Cc1cc(C(=O)NCCc2cccc(F)c2)c(C)s1. The molecule has 1 aromatic carbocycles. The molecule has 1 heterocycles. The van der Waals surface area contributed by atoms with Crippen molar-refractivity contribution in [1.29, 1.82) is 0 Å². The number of carbonyl (C=O) groups excluding carboxylic acids is 1. The van der Waals surface area contributed by atoms with Crippen molar-refractivity contribution in [3.63, 3.8) is 0 Å².